The maximum absolute atomic E-state index is 12.4. The maximum Gasteiger partial charge on any atom is 0.416 e. The predicted molar refractivity (Wildman–Crippen MR) is 57.6 cm³/mol. The number of rotatable bonds is 4. The van der Waals surface area contributed by atoms with Crippen LogP contribution in [-0.4, -0.2) is 18.3 Å². The van der Waals surface area contributed by atoms with Crippen molar-refractivity contribution in [2.24, 2.45) is 0 Å². The Morgan fingerprint density at radius 2 is 2.00 bits per heavy atom. The van der Waals surface area contributed by atoms with Gasteiger partial charge in [-0.05, 0) is 37.1 Å². The van der Waals surface area contributed by atoms with E-state index in [0.717, 1.165) is 12.1 Å². The van der Waals surface area contributed by atoms with E-state index in [2.05, 4.69) is 0 Å². The molecule has 17 heavy (non-hydrogen) atoms. The van der Waals surface area contributed by atoms with Crippen molar-refractivity contribution in [3.63, 3.8) is 0 Å². The molecule has 0 spiro atoms. The molecule has 0 aliphatic heterocycles. The fourth-order valence-electron chi connectivity index (χ4n) is 1.55. The second kappa shape index (κ2) is 5.51. The van der Waals surface area contributed by atoms with E-state index < -0.39 is 17.8 Å². The summed E-state index contributed by atoms with van der Waals surface area (Å²) < 4.78 is 42.3. The lowest BCUT2D eigenvalue weighted by Gasteiger charge is -2.15. The van der Waals surface area contributed by atoms with E-state index >= 15 is 0 Å². The van der Waals surface area contributed by atoms with E-state index in [0.29, 0.717) is 17.7 Å². The van der Waals surface area contributed by atoms with Crippen LogP contribution in [0.1, 0.15) is 29.7 Å². The Labute approximate surface area is 98.0 Å². The lowest BCUT2D eigenvalue weighted by atomic mass is 10.0. The van der Waals surface area contributed by atoms with Gasteiger partial charge in [0.2, 0.25) is 0 Å². The first-order chi connectivity index (χ1) is 7.86. The molecule has 1 aromatic rings. The standard InChI is InChI=1S/C12H15F3O2/c1-3-17-7-11(16)10-5-4-9(6-8(10)2)12(13,14)15/h4-6,11,16H,3,7H2,1-2H3. The largest absolute Gasteiger partial charge is 0.416 e. The summed E-state index contributed by atoms with van der Waals surface area (Å²) in [5.41, 5.74) is 0.167. The van der Waals surface area contributed by atoms with Crippen molar-refractivity contribution >= 4 is 0 Å². The summed E-state index contributed by atoms with van der Waals surface area (Å²) in [5, 5.41) is 9.72. The van der Waals surface area contributed by atoms with Crippen LogP contribution in [0, 0.1) is 6.92 Å². The van der Waals surface area contributed by atoms with Crippen LogP contribution in [0.15, 0.2) is 18.2 Å². The molecule has 0 amide bonds. The van der Waals surface area contributed by atoms with E-state index in [1.807, 2.05) is 0 Å². The van der Waals surface area contributed by atoms with Gasteiger partial charge in [0.1, 0.15) is 6.10 Å². The third-order valence-corrected chi connectivity index (χ3v) is 2.44. The van der Waals surface area contributed by atoms with Crippen molar-refractivity contribution in [3.05, 3.63) is 34.9 Å². The van der Waals surface area contributed by atoms with Crippen LogP contribution < -0.4 is 0 Å². The first-order valence-electron chi connectivity index (χ1n) is 5.29. The Morgan fingerprint density at radius 3 is 2.47 bits per heavy atom. The molecular formula is C12H15F3O2. The summed E-state index contributed by atoms with van der Waals surface area (Å²) in [6.07, 6.45) is -5.24. The minimum absolute atomic E-state index is 0.0860. The summed E-state index contributed by atoms with van der Waals surface area (Å²) in [4.78, 5) is 0. The number of aliphatic hydroxyl groups excluding tert-OH is 1. The topological polar surface area (TPSA) is 29.5 Å². The van der Waals surface area contributed by atoms with Crippen LogP contribution in [0.5, 0.6) is 0 Å². The summed E-state index contributed by atoms with van der Waals surface area (Å²) in [6, 6.07) is 3.30. The fraction of sp³-hybridized carbons (Fsp3) is 0.500. The van der Waals surface area contributed by atoms with Crippen LogP contribution >= 0.6 is 0 Å². The molecule has 96 valence electrons. The van der Waals surface area contributed by atoms with Gasteiger partial charge in [-0.3, -0.25) is 0 Å². The molecule has 0 saturated heterocycles. The summed E-state index contributed by atoms with van der Waals surface area (Å²) in [7, 11) is 0. The first kappa shape index (κ1) is 14.0. The quantitative estimate of drug-likeness (QED) is 0.887. The molecule has 0 fully saturated rings. The molecule has 0 aromatic heterocycles. The van der Waals surface area contributed by atoms with Gasteiger partial charge in [0, 0.05) is 6.61 Å². The average Bonchev–Trinajstić information content (AvgIpc) is 2.24. The molecule has 2 nitrogen and oxygen atoms in total. The van der Waals surface area contributed by atoms with Crippen molar-refractivity contribution < 1.29 is 23.0 Å². The number of hydrogen-bond donors (Lipinski definition) is 1. The summed E-state index contributed by atoms with van der Waals surface area (Å²) in [6.45, 7) is 3.87. The molecule has 1 atom stereocenters. The highest BCUT2D eigenvalue weighted by molar-refractivity contribution is 5.33. The van der Waals surface area contributed by atoms with Gasteiger partial charge in [0.05, 0.1) is 12.2 Å². The smallest absolute Gasteiger partial charge is 0.386 e. The SMILES string of the molecule is CCOCC(O)c1ccc(C(F)(F)F)cc1C. The normalized spacial score (nSPS) is 13.8. The number of aryl methyl sites for hydroxylation is 1. The van der Waals surface area contributed by atoms with Gasteiger partial charge < -0.3 is 9.84 Å². The Hall–Kier alpha value is -1.07. The minimum Gasteiger partial charge on any atom is -0.386 e. The lowest BCUT2D eigenvalue weighted by molar-refractivity contribution is -0.137. The lowest BCUT2D eigenvalue weighted by Crippen LogP contribution is -2.11. The first-order valence-corrected chi connectivity index (χ1v) is 5.29. The van der Waals surface area contributed by atoms with E-state index in [4.69, 9.17) is 4.74 Å². The Morgan fingerprint density at radius 1 is 1.35 bits per heavy atom. The second-order valence-electron chi connectivity index (χ2n) is 3.74. The van der Waals surface area contributed by atoms with Crippen molar-refractivity contribution in [2.45, 2.75) is 26.1 Å². The third-order valence-electron chi connectivity index (χ3n) is 2.44. The number of aliphatic hydroxyl groups is 1. The maximum atomic E-state index is 12.4. The van der Waals surface area contributed by atoms with E-state index in [1.54, 1.807) is 13.8 Å². The van der Waals surface area contributed by atoms with Gasteiger partial charge in [-0.2, -0.15) is 13.2 Å². The van der Waals surface area contributed by atoms with E-state index in [-0.39, 0.29) is 6.61 Å². The minimum atomic E-state index is -4.35. The van der Waals surface area contributed by atoms with Crippen molar-refractivity contribution in [2.75, 3.05) is 13.2 Å². The molecule has 1 unspecified atom stereocenters. The molecule has 0 radical (unpaired) electrons. The number of ether oxygens (including phenoxy) is 1. The van der Waals surface area contributed by atoms with E-state index in [9.17, 15) is 18.3 Å². The molecule has 0 heterocycles. The number of hydrogen-bond acceptors (Lipinski definition) is 2. The molecule has 0 bridgehead atoms. The van der Waals surface area contributed by atoms with Crippen LogP contribution in [0.3, 0.4) is 0 Å². The molecule has 1 rings (SSSR count). The Bertz CT molecular complexity index is 375. The molecule has 5 heteroatoms. The zero-order valence-corrected chi connectivity index (χ0v) is 9.71. The molecule has 0 aliphatic rings. The van der Waals surface area contributed by atoms with Crippen molar-refractivity contribution in [3.8, 4) is 0 Å². The number of alkyl halides is 3. The Balaban J connectivity index is 2.90. The van der Waals surface area contributed by atoms with Crippen LogP contribution in [-0.2, 0) is 10.9 Å². The monoisotopic (exact) mass is 248 g/mol. The molecule has 0 saturated carbocycles. The molecule has 0 aliphatic carbocycles. The second-order valence-corrected chi connectivity index (χ2v) is 3.74. The summed E-state index contributed by atoms with van der Waals surface area (Å²) in [5.74, 6) is 0. The number of halogens is 3. The molecule has 1 aromatic carbocycles. The van der Waals surface area contributed by atoms with Gasteiger partial charge in [-0.15, -0.1) is 0 Å². The third kappa shape index (κ3) is 3.71. The van der Waals surface area contributed by atoms with Crippen LogP contribution in [0.25, 0.3) is 0 Å². The zero-order chi connectivity index (χ0) is 13.1. The zero-order valence-electron chi connectivity index (χ0n) is 9.71. The predicted octanol–water partition coefficient (Wildman–Crippen LogP) is 3.08. The van der Waals surface area contributed by atoms with Gasteiger partial charge in [-0.1, -0.05) is 6.07 Å². The fourth-order valence-corrected chi connectivity index (χ4v) is 1.55. The highest BCUT2D eigenvalue weighted by Crippen LogP contribution is 2.31. The summed E-state index contributed by atoms with van der Waals surface area (Å²) >= 11 is 0. The van der Waals surface area contributed by atoms with Crippen molar-refractivity contribution in [1.82, 2.24) is 0 Å². The molecular weight excluding hydrogens is 233 g/mol. The van der Waals surface area contributed by atoms with E-state index in [1.165, 1.54) is 6.07 Å². The van der Waals surface area contributed by atoms with Crippen LogP contribution in [0.4, 0.5) is 13.2 Å². The van der Waals surface area contributed by atoms with Gasteiger partial charge in [-0.25, -0.2) is 0 Å². The molecule has 1 N–H and O–H groups in total. The highest BCUT2D eigenvalue weighted by Gasteiger charge is 2.30. The Kier molecular flexibility index (Phi) is 4.54. The van der Waals surface area contributed by atoms with Crippen molar-refractivity contribution in [1.29, 1.82) is 0 Å². The van der Waals surface area contributed by atoms with Crippen LogP contribution in [0.2, 0.25) is 0 Å². The van der Waals surface area contributed by atoms with Gasteiger partial charge in [0.25, 0.3) is 0 Å². The highest BCUT2D eigenvalue weighted by atomic mass is 19.4. The average molecular weight is 248 g/mol. The van der Waals surface area contributed by atoms with Gasteiger partial charge >= 0.3 is 6.18 Å². The van der Waals surface area contributed by atoms with Gasteiger partial charge in [0.15, 0.2) is 0 Å². The number of benzene rings is 1.